The van der Waals surface area contributed by atoms with Crippen LogP contribution in [0.2, 0.25) is 0 Å². The lowest BCUT2D eigenvalue weighted by Crippen LogP contribution is -2.43. The fourth-order valence-corrected chi connectivity index (χ4v) is 3.71. The second-order valence-electron chi connectivity index (χ2n) is 7.13. The molecule has 112 valence electrons. The molecule has 2 fully saturated rings. The maximum atomic E-state index is 9.82. The summed E-state index contributed by atoms with van der Waals surface area (Å²) in [6.45, 7) is 8.72. The second-order valence-corrected chi connectivity index (χ2v) is 7.13. The van der Waals surface area contributed by atoms with Crippen molar-refractivity contribution in [2.24, 2.45) is 11.3 Å². The lowest BCUT2D eigenvalue weighted by Gasteiger charge is -2.41. The van der Waals surface area contributed by atoms with Crippen LogP contribution in [0, 0.1) is 11.3 Å². The normalized spacial score (nSPS) is 33.2. The Hall–Kier alpha value is -0.120. The van der Waals surface area contributed by atoms with E-state index in [2.05, 4.69) is 23.8 Å². The lowest BCUT2D eigenvalue weighted by molar-refractivity contribution is 0.0347. The van der Waals surface area contributed by atoms with Crippen molar-refractivity contribution < 1.29 is 5.11 Å². The van der Waals surface area contributed by atoms with E-state index in [1.807, 2.05) is 0 Å². The van der Waals surface area contributed by atoms with Crippen molar-refractivity contribution in [3.63, 3.8) is 0 Å². The second kappa shape index (κ2) is 7.05. The van der Waals surface area contributed by atoms with Crippen LogP contribution in [0.4, 0.5) is 0 Å². The molecule has 0 aromatic carbocycles. The van der Waals surface area contributed by atoms with Gasteiger partial charge in [-0.1, -0.05) is 19.8 Å². The van der Waals surface area contributed by atoms with E-state index in [1.54, 1.807) is 0 Å². The van der Waals surface area contributed by atoms with E-state index in [1.165, 1.54) is 58.2 Å². The minimum atomic E-state index is 0.187. The molecule has 0 aromatic rings. The largest absolute Gasteiger partial charge is 0.396 e. The Morgan fingerprint density at radius 1 is 1.21 bits per heavy atom. The fraction of sp³-hybridized carbons (Fsp3) is 1.00. The number of aliphatic hydroxyl groups excluding tert-OH is 1. The van der Waals surface area contributed by atoms with Crippen LogP contribution < -0.4 is 0 Å². The summed E-state index contributed by atoms with van der Waals surface area (Å²) in [5.74, 6) is 0.856. The summed E-state index contributed by atoms with van der Waals surface area (Å²) in [6.07, 6.45) is 7.75. The lowest BCUT2D eigenvalue weighted by atomic mass is 9.71. The maximum Gasteiger partial charge on any atom is 0.0499 e. The first-order chi connectivity index (χ1) is 9.13. The summed E-state index contributed by atoms with van der Waals surface area (Å²) in [6, 6.07) is 0. The third-order valence-corrected chi connectivity index (χ3v) is 5.27. The molecule has 1 aliphatic carbocycles. The van der Waals surface area contributed by atoms with Crippen LogP contribution >= 0.6 is 0 Å². The zero-order valence-corrected chi connectivity index (χ0v) is 12.9. The molecule has 3 nitrogen and oxygen atoms in total. The summed E-state index contributed by atoms with van der Waals surface area (Å²) in [7, 11) is 2.23. The van der Waals surface area contributed by atoms with Crippen LogP contribution in [-0.2, 0) is 0 Å². The van der Waals surface area contributed by atoms with E-state index in [0.29, 0.717) is 6.61 Å². The zero-order valence-electron chi connectivity index (χ0n) is 12.9. The Morgan fingerprint density at radius 2 is 1.84 bits per heavy atom. The van der Waals surface area contributed by atoms with E-state index >= 15 is 0 Å². The van der Waals surface area contributed by atoms with Gasteiger partial charge in [0.25, 0.3) is 0 Å². The summed E-state index contributed by atoms with van der Waals surface area (Å²) < 4.78 is 0. The average Bonchev–Trinajstić information content (AvgIpc) is 2.93. The van der Waals surface area contributed by atoms with Crippen LogP contribution in [0.5, 0.6) is 0 Å². The highest BCUT2D eigenvalue weighted by Gasteiger charge is 2.34. The molecular formula is C16H32N2O. The van der Waals surface area contributed by atoms with Gasteiger partial charge in [-0.2, -0.15) is 0 Å². The van der Waals surface area contributed by atoms with E-state index in [4.69, 9.17) is 0 Å². The predicted octanol–water partition coefficient (Wildman–Crippen LogP) is 2.20. The number of aliphatic hydroxyl groups is 1. The van der Waals surface area contributed by atoms with Crippen LogP contribution in [0.3, 0.4) is 0 Å². The quantitative estimate of drug-likeness (QED) is 0.800. The van der Waals surface area contributed by atoms with Gasteiger partial charge in [0.05, 0.1) is 0 Å². The van der Waals surface area contributed by atoms with Crippen molar-refractivity contribution in [1.29, 1.82) is 0 Å². The van der Waals surface area contributed by atoms with Gasteiger partial charge in [0.2, 0.25) is 0 Å². The van der Waals surface area contributed by atoms with Crippen LogP contribution in [0.1, 0.15) is 45.4 Å². The van der Waals surface area contributed by atoms with Gasteiger partial charge in [-0.05, 0) is 51.7 Å². The molecule has 2 aliphatic rings. The Morgan fingerprint density at radius 3 is 2.42 bits per heavy atom. The zero-order chi connectivity index (χ0) is 13.7. The Balaban J connectivity index is 1.74. The van der Waals surface area contributed by atoms with Crippen molar-refractivity contribution in [2.75, 3.05) is 46.4 Å². The highest BCUT2D eigenvalue weighted by atomic mass is 16.3. The minimum Gasteiger partial charge on any atom is -0.396 e. The van der Waals surface area contributed by atoms with Crippen molar-refractivity contribution in [2.45, 2.75) is 45.4 Å². The molecule has 0 bridgehead atoms. The van der Waals surface area contributed by atoms with Crippen molar-refractivity contribution in [3.8, 4) is 0 Å². The first-order valence-electron chi connectivity index (χ1n) is 8.15. The highest BCUT2D eigenvalue weighted by molar-refractivity contribution is 4.86. The van der Waals surface area contributed by atoms with Crippen LogP contribution in [-0.4, -0.2) is 61.3 Å². The summed E-state index contributed by atoms with van der Waals surface area (Å²) in [5.41, 5.74) is 0.187. The number of hydrogen-bond donors (Lipinski definition) is 1. The van der Waals surface area contributed by atoms with Gasteiger partial charge in [0.15, 0.2) is 0 Å². The molecule has 0 unspecified atom stereocenters. The molecule has 2 rings (SSSR count). The summed E-state index contributed by atoms with van der Waals surface area (Å²) >= 11 is 0. The summed E-state index contributed by atoms with van der Waals surface area (Å²) in [5, 5.41) is 9.82. The van der Waals surface area contributed by atoms with Crippen molar-refractivity contribution in [1.82, 2.24) is 9.80 Å². The molecule has 1 N–H and O–H groups in total. The number of nitrogens with zero attached hydrogens (tertiary/aromatic N) is 2. The van der Waals surface area contributed by atoms with E-state index in [0.717, 1.165) is 19.0 Å². The van der Waals surface area contributed by atoms with Gasteiger partial charge in [0, 0.05) is 31.7 Å². The van der Waals surface area contributed by atoms with Gasteiger partial charge >= 0.3 is 0 Å². The first kappa shape index (κ1) is 15.3. The third kappa shape index (κ3) is 4.44. The van der Waals surface area contributed by atoms with Crippen molar-refractivity contribution in [3.05, 3.63) is 0 Å². The standard InChI is InChI=1S/C16H32N2O/c1-15-5-7-16(14-19,8-6-15)13-17(2)11-12-18-9-3-4-10-18/h15,19H,3-14H2,1-2H3. The topological polar surface area (TPSA) is 26.7 Å². The molecule has 1 heterocycles. The molecule has 1 aliphatic heterocycles. The third-order valence-electron chi connectivity index (χ3n) is 5.27. The Bertz CT molecular complexity index is 255. The van der Waals surface area contributed by atoms with Gasteiger partial charge in [-0.3, -0.25) is 0 Å². The molecule has 1 saturated heterocycles. The van der Waals surface area contributed by atoms with E-state index in [9.17, 15) is 5.11 Å². The minimum absolute atomic E-state index is 0.187. The monoisotopic (exact) mass is 268 g/mol. The van der Waals surface area contributed by atoms with Crippen LogP contribution in [0.25, 0.3) is 0 Å². The number of hydrogen-bond acceptors (Lipinski definition) is 3. The molecule has 0 atom stereocenters. The average molecular weight is 268 g/mol. The number of rotatable bonds is 6. The van der Waals surface area contributed by atoms with Gasteiger partial charge in [-0.25, -0.2) is 0 Å². The van der Waals surface area contributed by atoms with Gasteiger partial charge < -0.3 is 14.9 Å². The molecule has 0 aromatic heterocycles. The Kier molecular flexibility index (Phi) is 5.67. The van der Waals surface area contributed by atoms with E-state index in [-0.39, 0.29) is 5.41 Å². The van der Waals surface area contributed by atoms with Crippen molar-refractivity contribution >= 4 is 0 Å². The maximum absolute atomic E-state index is 9.82. The summed E-state index contributed by atoms with van der Waals surface area (Å²) in [4.78, 5) is 5.02. The van der Waals surface area contributed by atoms with E-state index < -0.39 is 0 Å². The molecule has 0 spiro atoms. The highest BCUT2D eigenvalue weighted by Crippen LogP contribution is 2.38. The number of likely N-dealkylation sites (N-methyl/N-ethyl adjacent to an activating group) is 1. The fourth-order valence-electron chi connectivity index (χ4n) is 3.71. The Labute approximate surface area is 119 Å². The molecule has 0 radical (unpaired) electrons. The number of likely N-dealkylation sites (tertiary alicyclic amines) is 1. The van der Waals surface area contributed by atoms with Gasteiger partial charge in [-0.15, -0.1) is 0 Å². The molecule has 3 heteroatoms. The van der Waals surface area contributed by atoms with Crippen LogP contribution in [0.15, 0.2) is 0 Å². The molecule has 19 heavy (non-hydrogen) atoms. The molecule has 1 saturated carbocycles. The molecular weight excluding hydrogens is 236 g/mol. The molecule has 0 amide bonds. The first-order valence-corrected chi connectivity index (χ1v) is 8.15. The smallest absolute Gasteiger partial charge is 0.0499 e. The van der Waals surface area contributed by atoms with Gasteiger partial charge in [0.1, 0.15) is 0 Å². The SMILES string of the molecule is CC1CCC(CO)(CN(C)CCN2CCCC2)CC1. The predicted molar refractivity (Wildman–Crippen MR) is 80.3 cm³/mol.